The van der Waals surface area contributed by atoms with Crippen LogP contribution >= 0.6 is 0 Å². The number of aryl methyl sites for hydroxylation is 6. The van der Waals surface area contributed by atoms with Crippen molar-refractivity contribution in [2.45, 2.75) is 77.6 Å². The zero-order valence-corrected chi connectivity index (χ0v) is 28.5. The van der Waals surface area contributed by atoms with E-state index in [2.05, 4.69) is 19.9 Å². The molecular formula is C40H38F6N4. The monoisotopic (exact) mass is 688 g/mol. The maximum Gasteiger partial charge on any atom is 0.402 e. The zero-order valence-electron chi connectivity index (χ0n) is 28.5. The number of benzene rings is 2. The highest BCUT2D eigenvalue weighted by Crippen LogP contribution is 2.46. The molecule has 0 fully saturated rings. The van der Waals surface area contributed by atoms with Gasteiger partial charge in [0.15, 0.2) is 0 Å². The average molecular weight is 689 g/mol. The van der Waals surface area contributed by atoms with Crippen molar-refractivity contribution in [3.8, 4) is 0 Å². The number of aromatic nitrogens is 4. The molecule has 5 heterocycles. The number of rotatable bonds is 2. The maximum absolute atomic E-state index is 15.1. The minimum absolute atomic E-state index is 0.0678. The molecule has 1 aliphatic heterocycles. The van der Waals surface area contributed by atoms with E-state index in [9.17, 15) is 0 Å². The highest BCUT2D eigenvalue weighted by molar-refractivity contribution is 5.52. The molecule has 0 saturated carbocycles. The van der Waals surface area contributed by atoms with Crippen molar-refractivity contribution in [1.82, 2.24) is 19.9 Å². The third kappa shape index (κ3) is 5.78. The number of hydrogen-bond acceptors (Lipinski definition) is 0. The van der Waals surface area contributed by atoms with E-state index in [1.54, 1.807) is 24.3 Å². The van der Waals surface area contributed by atoms with Gasteiger partial charge >= 0.3 is 12.4 Å². The van der Waals surface area contributed by atoms with E-state index in [0.717, 1.165) is 44.5 Å². The molecule has 50 heavy (non-hydrogen) atoms. The van der Waals surface area contributed by atoms with E-state index < -0.39 is 36.0 Å². The van der Waals surface area contributed by atoms with Crippen LogP contribution in [0.25, 0.3) is 0 Å². The fourth-order valence-electron chi connectivity index (χ4n) is 8.36. The van der Waals surface area contributed by atoms with Crippen LogP contribution < -0.4 is 0 Å². The molecule has 1 aliphatic rings. The predicted molar refractivity (Wildman–Crippen MR) is 182 cm³/mol. The van der Waals surface area contributed by atoms with E-state index in [1.807, 2.05) is 65.8 Å². The summed E-state index contributed by atoms with van der Waals surface area (Å²) in [6.07, 6.45) is -9.32. The molecule has 0 amide bonds. The van der Waals surface area contributed by atoms with Crippen LogP contribution in [0.15, 0.2) is 72.8 Å². The van der Waals surface area contributed by atoms with Crippen molar-refractivity contribution >= 4 is 0 Å². The summed E-state index contributed by atoms with van der Waals surface area (Å²) < 4.78 is 90.6. The van der Waals surface area contributed by atoms with Gasteiger partial charge in [-0.25, -0.2) is 0 Å². The molecule has 2 aromatic carbocycles. The second-order valence-electron chi connectivity index (χ2n) is 13.9. The summed E-state index contributed by atoms with van der Waals surface area (Å²) in [6, 6.07) is 20.1. The first-order valence-electron chi connectivity index (χ1n) is 16.6. The van der Waals surface area contributed by atoms with Crippen LogP contribution in [0.3, 0.4) is 0 Å². The number of H-pyrrole nitrogens is 4. The minimum Gasteiger partial charge on any atom is -0.361 e. The molecule has 7 rings (SSSR count). The van der Waals surface area contributed by atoms with E-state index in [4.69, 9.17) is 0 Å². The summed E-state index contributed by atoms with van der Waals surface area (Å²) in [7, 11) is 0. The van der Waals surface area contributed by atoms with E-state index in [1.165, 1.54) is 24.3 Å². The number of nitrogens with one attached hydrogen (secondary N) is 4. The van der Waals surface area contributed by atoms with Crippen molar-refractivity contribution in [2.24, 2.45) is 0 Å². The van der Waals surface area contributed by atoms with Gasteiger partial charge in [0.1, 0.15) is 11.8 Å². The molecule has 0 aliphatic carbocycles. The summed E-state index contributed by atoms with van der Waals surface area (Å²) in [4.78, 5) is 12.4. The van der Waals surface area contributed by atoms with Gasteiger partial charge in [-0.05, 0) is 123 Å². The van der Waals surface area contributed by atoms with E-state index in [-0.39, 0.29) is 22.8 Å². The van der Waals surface area contributed by atoms with Crippen molar-refractivity contribution in [3.63, 3.8) is 0 Å². The fourth-order valence-corrected chi connectivity index (χ4v) is 8.36. The Morgan fingerprint density at radius 2 is 0.600 bits per heavy atom. The minimum atomic E-state index is -4.66. The van der Waals surface area contributed by atoms with Crippen LogP contribution in [0.2, 0.25) is 0 Å². The molecule has 0 radical (unpaired) electrons. The van der Waals surface area contributed by atoms with Crippen molar-refractivity contribution < 1.29 is 26.3 Å². The topological polar surface area (TPSA) is 63.2 Å². The summed E-state index contributed by atoms with van der Waals surface area (Å²) in [5, 5.41) is 0. The third-order valence-corrected chi connectivity index (χ3v) is 10.1. The SMILES string of the molecule is Cc1cc(C)c(C2c3ccc([nH]3)C(C(F)(F)F)c3ccc([nH]3)C(c3c(C)cc(C)cc3C)c3ccc([nH]3)C(C(F)(F)F)c3ccc2[nH]3)c(C)c1. The Morgan fingerprint density at radius 1 is 0.380 bits per heavy atom. The lowest BCUT2D eigenvalue weighted by molar-refractivity contribution is -0.143. The highest BCUT2D eigenvalue weighted by Gasteiger charge is 2.46. The van der Waals surface area contributed by atoms with E-state index in [0.29, 0.717) is 22.8 Å². The number of aromatic amines is 4. The first-order chi connectivity index (χ1) is 23.5. The quantitative estimate of drug-likeness (QED) is 0.131. The summed E-state index contributed by atoms with van der Waals surface area (Å²) in [5.74, 6) is -5.40. The van der Waals surface area contributed by atoms with Gasteiger partial charge in [0.25, 0.3) is 0 Å². The largest absolute Gasteiger partial charge is 0.402 e. The third-order valence-electron chi connectivity index (χ3n) is 10.1. The van der Waals surface area contributed by atoms with Crippen LogP contribution in [0, 0.1) is 41.5 Å². The van der Waals surface area contributed by atoms with Gasteiger partial charge < -0.3 is 19.9 Å². The van der Waals surface area contributed by atoms with Gasteiger partial charge in [-0.2, -0.15) is 26.3 Å². The number of hydrogen-bond donors (Lipinski definition) is 4. The predicted octanol–water partition coefficient (Wildman–Crippen LogP) is 10.9. The standard InChI is InChI=1S/C40H38F6N4/c1-19-15-21(3)33(22(4)16-19)35-25-7-11-29(47-25)37(39(41,42)43)31-13-9-27(49-31)36(34-23(5)17-20(2)18-24(34)6)28-10-14-32(50-28)38(40(44,45)46)30-12-8-26(35)48-30/h7-18,35-38,47-50H,1-6H3. The number of alkyl halides is 6. The van der Waals surface area contributed by atoms with Crippen LogP contribution in [0.1, 0.15) is 114 Å². The fraction of sp³-hybridized carbons (Fsp3) is 0.300. The molecule has 4 nitrogen and oxygen atoms in total. The molecule has 0 spiro atoms. The normalized spacial score (nSPS) is 19.6. The summed E-state index contributed by atoms with van der Waals surface area (Å²) in [6.45, 7) is 11.5. The molecule has 10 heteroatoms. The molecule has 260 valence electrons. The molecule has 6 aromatic rings. The molecule has 4 N–H and O–H groups in total. The molecular weight excluding hydrogens is 650 g/mol. The lowest BCUT2D eigenvalue weighted by atomic mass is 9.85. The number of halogens is 6. The second kappa shape index (κ2) is 11.9. The molecule has 0 unspecified atom stereocenters. The van der Waals surface area contributed by atoms with Crippen LogP contribution in [0.5, 0.6) is 0 Å². The Bertz CT molecular complexity index is 1920. The Labute approximate surface area is 286 Å². The van der Waals surface area contributed by atoms with Gasteiger partial charge in [-0.3, -0.25) is 0 Å². The van der Waals surface area contributed by atoms with Crippen LogP contribution in [0.4, 0.5) is 26.3 Å². The van der Waals surface area contributed by atoms with Crippen LogP contribution in [-0.4, -0.2) is 32.3 Å². The first kappa shape index (κ1) is 33.6. The lowest BCUT2D eigenvalue weighted by Gasteiger charge is -2.24. The smallest absolute Gasteiger partial charge is 0.361 e. The van der Waals surface area contributed by atoms with Crippen molar-refractivity contribution in [1.29, 1.82) is 0 Å². The Hall–Kier alpha value is -4.86. The van der Waals surface area contributed by atoms with Crippen LogP contribution in [-0.2, 0) is 0 Å². The van der Waals surface area contributed by atoms with Gasteiger partial charge in [0.2, 0.25) is 0 Å². The Kier molecular flexibility index (Phi) is 7.99. The van der Waals surface area contributed by atoms with E-state index >= 15 is 26.3 Å². The maximum atomic E-state index is 15.1. The Morgan fingerprint density at radius 3 is 0.820 bits per heavy atom. The van der Waals surface area contributed by atoms with Gasteiger partial charge in [0, 0.05) is 45.6 Å². The van der Waals surface area contributed by atoms with Crippen molar-refractivity contribution in [3.05, 3.63) is 163 Å². The second-order valence-corrected chi connectivity index (χ2v) is 13.9. The number of fused-ring (bicyclic) bond motifs is 8. The average Bonchev–Trinajstić information content (AvgIpc) is 3.80. The van der Waals surface area contributed by atoms with Crippen molar-refractivity contribution in [2.75, 3.05) is 0 Å². The highest BCUT2D eigenvalue weighted by atomic mass is 19.4. The molecule has 0 saturated heterocycles. The Balaban J connectivity index is 1.52. The molecule has 0 atom stereocenters. The summed E-state index contributed by atoms with van der Waals surface area (Å²) >= 11 is 0. The first-order valence-corrected chi connectivity index (χ1v) is 16.6. The molecule has 8 bridgehead atoms. The van der Waals surface area contributed by atoms with Gasteiger partial charge in [-0.1, -0.05) is 35.4 Å². The van der Waals surface area contributed by atoms with Gasteiger partial charge in [-0.15, -0.1) is 0 Å². The lowest BCUT2D eigenvalue weighted by Crippen LogP contribution is -2.24. The zero-order chi connectivity index (χ0) is 35.9. The van der Waals surface area contributed by atoms with Gasteiger partial charge in [0.05, 0.1) is 11.8 Å². The molecule has 4 aromatic heterocycles. The summed E-state index contributed by atoms with van der Waals surface area (Å²) in [5.41, 5.74) is 8.61.